The maximum atomic E-state index is 12.6. The number of nitrogens with zero attached hydrogens (tertiary/aromatic N) is 1. The lowest BCUT2D eigenvalue weighted by Gasteiger charge is -2.12. The summed E-state index contributed by atoms with van der Waals surface area (Å²) < 4.78 is 5.40. The van der Waals surface area contributed by atoms with Crippen molar-refractivity contribution in [3.05, 3.63) is 63.5 Å². The second-order valence-electron chi connectivity index (χ2n) is 5.55. The highest BCUT2D eigenvalue weighted by Gasteiger charge is 2.35. The van der Waals surface area contributed by atoms with Gasteiger partial charge in [-0.15, -0.1) is 0 Å². The molecule has 2 amide bonds. The monoisotopic (exact) mass is 389 g/mol. The molecule has 0 atom stereocenters. The number of benzene rings is 2. The van der Waals surface area contributed by atoms with Crippen LogP contribution in [0.15, 0.2) is 47.4 Å². The fourth-order valence-electron chi connectivity index (χ4n) is 2.50. The van der Waals surface area contributed by atoms with Gasteiger partial charge in [0.05, 0.1) is 18.1 Å². The summed E-state index contributed by atoms with van der Waals surface area (Å²) in [6.45, 7) is 2.49. The van der Waals surface area contributed by atoms with Crippen LogP contribution in [-0.4, -0.2) is 27.8 Å². The molecule has 0 aromatic heterocycles. The van der Waals surface area contributed by atoms with Gasteiger partial charge in [-0.2, -0.15) is 0 Å². The largest absolute Gasteiger partial charge is 0.507 e. The first kappa shape index (κ1) is 18.4. The summed E-state index contributed by atoms with van der Waals surface area (Å²) >= 11 is 6.79. The number of phenols is 1. The molecule has 26 heavy (non-hydrogen) atoms. The Balaban J connectivity index is 1.84. The van der Waals surface area contributed by atoms with Gasteiger partial charge in [-0.05, 0) is 60.7 Å². The van der Waals surface area contributed by atoms with Crippen LogP contribution in [0.4, 0.5) is 4.79 Å². The van der Waals surface area contributed by atoms with Gasteiger partial charge in [0, 0.05) is 10.6 Å². The molecule has 2 aromatic carbocycles. The minimum absolute atomic E-state index is 0.00935. The van der Waals surface area contributed by atoms with Crippen LogP contribution in [-0.2, 0) is 11.3 Å². The summed E-state index contributed by atoms with van der Waals surface area (Å²) in [5.74, 6) is 0.186. The zero-order valence-electron chi connectivity index (χ0n) is 13.9. The summed E-state index contributed by atoms with van der Waals surface area (Å²) in [7, 11) is 0. The van der Waals surface area contributed by atoms with Crippen molar-refractivity contribution in [2.24, 2.45) is 0 Å². The van der Waals surface area contributed by atoms with Crippen LogP contribution in [0, 0.1) is 0 Å². The standard InChI is InChI=1S/C19H16ClNO4S/c1-2-25-15-6-7-16(22)13(9-15)10-17-18(23)21(19(24)26-17)11-12-4-3-5-14(20)8-12/h3-10,22H,2,11H2,1H3/b17-10-. The highest BCUT2D eigenvalue weighted by Crippen LogP contribution is 2.35. The Hall–Kier alpha value is -2.44. The summed E-state index contributed by atoms with van der Waals surface area (Å²) in [6.07, 6.45) is 1.50. The number of phenolic OH excluding ortho intramolecular Hbond substituents is 1. The van der Waals surface area contributed by atoms with Gasteiger partial charge in [0.2, 0.25) is 0 Å². The Labute approximate surface area is 160 Å². The predicted molar refractivity (Wildman–Crippen MR) is 102 cm³/mol. The molecule has 1 aliphatic heterocycles. The van der Waals surface area contributed by atoms with Gasteiger partial charge in [0.15, 0.2) is 0 Å². The molecule has 1 heterocycles. The third kappa shape index (κ3) is 4.03. The number of imide groups is 1. The second kappa shape index (κ2) is 7.85. The van der Waals surface area contributed by atoms with Gasteiger partial charge in [-0.3, -0.25) is 14.5 Å². The Bertz CT molecular complexity index is 897. The third-order valence-electron chi connectivity index (χ3n) is 3.70. The fourth-order valence-corrected chi connectivity index (χ4v) is 3.54. The van der Waals surface area contributed by atoms with E-state index in [1.165, 1.54) is 12.1 Å². The molecule has 0 unspecified atom stereocenters. The predicted octanol–water partition coefficient (Wildman–Crippen LogP) is 4.68. The van der Waals surface area contributed by atoms with Crippen molar-refractivity contribution in [3.63, 3.8) is 0 Å². The molecule has 7 heteroatoms. The number of hydrogen-bond acceptors (Lipinski definition) is 5. The molecule has 0 spiro atoms. The summed E-state index contributed by atoms with van der Waals surface area (Å²) in [6, 6.07) is 11.8. The molecular weight excluding hydrogens is 374 g/mol. The van der Waals surface area contributed by atoms with E-state index in [-0.39, 0.29) is 22.4 Å². The Morgan fingerprint density at radius 3 is 2.77 bits per heavy atom. The molecule has 0 radical (unpaired) electrons. The topological polar surface area (TPSA) is 66.8 Å². The maximum Gasteiger partial charge on any atom is 0.293 e. The van der Waals surface area contributed by atoms with Crippen LogP contribution >= 0.6 is 23.4 Å². The number of aromatic hydroxyl groups is 1. The minimum atomic E-state index is -0.402. The third-order valence-corrected chi connectivity index (χ3v) is 4.84. The highest BCUT2D eigenvalue weighted by molar-refractivity contribution is 8.18. The molecule has 0 saturated carbocycles. The van der Waals surface area contributed by atoms with Crippen molar-refractivity contribution < 1.29 is 19.4 Å². The number of amides is 2. The van der Waals surface area contributed by atoms with Gasteiger partial charge < -0.3 is 9.84 Å². The second-order valence-corrected chi connectivity index (χ2v) is 6.98. The molecule has 1 saturated heterocycles. The van der Waals surface area contributed by atoms with Crippen molar-refractivity contribution in [1.29, 1.82) is 0 Å². The Morgan fingerprint density at radius 2 is 2.04 bits per heavy atom. The van der Waals surface area contributed by atoms with Crippen molar-refractivity contribution in [1.82, 2.24) is 4.90 Å². The Kier molecular flexibility index (Phi) is 5.54. The van der Waals surface area contributed by atoms with E-state index in [9.17, 15) is 14.7 Å². The van der Waals surface area contributed by atoms with E-state index in [1.807, 2.05) is 6.92 Å². The molecule has 5 nitrogen and oxygen atoms in total. The molecule has 3 rings (SSSR count). The number of halogens is 1. The zero-order valence-corrected chi connectivity index (χ0v) is 15.5. The summed E-state index contributed by atoms with van der Waals surface area (Å²) in [4.78, 5) is 26.2. The van der Waals surface area contributed by atoms with E-state index in [1.54, 1.807) is 36.4 Å². The van der Waals surface area contributed by atoms with Crippen LogP contribution < -0.4 is 4.74 Å². The lowest BCUT2D eigenvalue weighted by molar-refractivity contribution is -0.123. The van der Waals surface area contributed by atoms with Gasteiger partial charge in [0.1, 0.15) is 11.5 Å². The van der Waals surface area contributed by atoms with E-state index in [0.29, 0.717) is 22.9 Å². The molecule has 1 fully saturated rings. The minimum Gasteiger partial charge on any atom is -0.507 e. The quantitative estimate of drug-likeness (QED) is 0.752. The number of thioether (sulfide) groups is 1. The smallest absolute Gasteiger partial charge is 0.293 e. The van der Waals surface area contributed by atoms with Crippen LogP contribution in [0.1, 0.15) is 18.1 Å². The van der Waals surface area contributed by atoms with Crippen LogP contribution in [0.25, 0.3) is 6.08 Å². The van der Waals surface area contributed by atoms with Crippen molar-refractivity contribution in [2.75, 3.05) is 6.61 Å². The van der Waals surface area contributed by atoms with Crippen molar-refractivity contribution in [3.8, 4) is 11.5 Å². The first-order chi connectivity index (χ1) is 12.5. The van der Waals surface area contributed by atoms with E-state index in [2.05, 4.69) is 0 Å². The highest BCUT2D eigenvalue weighted by atomic mass is 35.5. The summed E-state index contributed by atoms with van der Waals surface area (Å²) in [5, 5.41) is 10.2. The van der Waals surface area contributed by atoms with Gasteiger partial charge in [-0.1, -0.05) is 23.7 Å². The van der Waals surface area contributed by atoms with Gasteiger partial charge >= 0.3 is 0 Å². The molecule has 134 valence electrons. The lowest BCUT2D eigenvalue weighted by Crippen LogP contribution is -2.27. The molecule has 0 bridgehead atoms. The van der Waals surface area contributed by atoms with E-state index >= 15 is 0 Å². The fraction of sp³-hybridized carbons (Fsp3) is 0.158. The average molecular weight is 390 g/mol. The Morgan fingerprint density at radius 1 is 1.23 bits per heavy atom. The lowest BCUT2D eigenvalue weighted by atomic mass is 10.1. The van der Waals surface area contributed by atoms with E-state index < -0.39 is 5.91 Å². The molecule has 1 N–H and O–H groups in total. The number of carbonyl (C=O) groups excluding carboxylic acids is 2. The number of ether oxygens (including phenoxy) is 1. The molecular formula is C19H16ClNO4S. The zero-order chi connectivity index (χ0) is 18.7. The van der Waals surface area contributed by atoms with E-state index in [0.717, 1.165) is 22.2 Å². The molecule has 1 aliphatic rings. The summed E-state index contributed by atoms with van der Waals surface area (Å²) in [5.41, 5.74) is 1.19. The maximum absolute atomic E-state index is 12.6. The number of carbonyl (C=O) groups is 2. The van der Waals surface area contributed by atoms with Crippen LogP contribution in [0.2, 0.25) is 5.02 Å². The van der Waals surface area contributed by atoms with E-state index in [4.69, 9.17) is 16.3 Å². The molecule has 2 aromatic rings. The van der Waals surface area contributed by atoms with Crippen molar-refractivity contribution >= 4 is 40.6 Å². The first-order valence-corrected chi connectivity index (χ1v) is 9.13. The van der Waals surface area contributed by atoms with Gasteiger partial charge in [0.25, 0.3) is 11.1 Å². The van der Waals surface area contributed by atoms with Crippen LogP contribution in [0.3, 0.4) is 0 Å². The van der Waals surface area contributed by atoms with Crippen molar-refractivity contribution in [2.45, 2.75) is 13.5 Å². The average Bonchev–Trinajstić information content (AvgIpc) is 2.86. The van der Waals surface area contributed by atoms with Gasteiger partial charge in [-0.25, -0.2) is 0 Å². The number of hydrogen-bond donors (Lipinski definition) is 1. The first-order valence-electron chi connectivity index (χ1n) is 7.93. The normalized spacial score (nSPS) is 15.8. The SMILES string of the molecule is CCOc1ccc(O)c(/C=C2\SC(=O)N(Cc3cccc(Cl)c3)C2=O)c1. The molecule has 0 aliphatic carbocycles. The number of rotatable bonds is 5. The van der Waals surface area contributed by atoms with Crippen LogP contribution in [0.5, 0.6) is 11.5 Å².